The Kier molecular flexibility index (Phi) is 9.55. The van der Waals surface area contributed by atoms with E-state index in [2.05, 4.69) is 253 Å². The van der Waals surface area contributed by atoms with Crippen LogP contribution in [0, 0.1) is 0 Å². The second-order valence-electron chi connectivity index (χ2n) is 19.7. The third kappa shape index (κ3) is 6.70. The Labute approximate surface area is 383 Å². The quantitative estimate of drug-likeness (QED) is 0.159. The van der Waals surface area contributed by atoms with Gasteiger partial charge in [0, 0.05) is 33.3 Å². The van der Waals surface area contributed by atoms with Crippen molar-refractivity contribution in [1.82, 2.24) is 0 Å². The zero-order chi connectivity index (χ0) is 44.5. The first kappa shape index (κ1) is 40.4. The van der Waals surface area contributed by atoms with E-state index in [1.807, 2.05) is 6.07 Å². The predicted molar refractivity (Wildman–Crippen MR) is 274 cm³/mol. The highest BCUT2D eigenvalue weighted by atomic mass is 16.3. The molecular formula is C63H53NO. The molecule has 0 aliphatic heterocycles. The van der Waals surface area contributed by atoms with Crippen molar-refractivity contribution in [3.8, 4) is 33.4 Å². The zero-order valence-corrected chi connectivity index (χ0v) is 38.1. The Morgan fingerprint density at radius 2 is 0.908 bits per heavy atom. The van der Waals surface area contributed by atoms with E-state index in [4.69, 9.17) is 4.42 Å². The molecule has 0 saturated carbocycles. The van der Waals surface area contributed by atoms with E-state index < -0.39 is 5.41 Å². The fourth-order valence-electron chi connectivity index (χ4n) is 10.4. The number of hydrogen-bond donors (Lipinski definition) is 0. The minimum absolute atomic E-state index is 0.0273. The predicted octanol–water partition coefficient (Wildman–Crippen LogP) is 17.3. The van der Waals surface area contributed by atoms with Gasteiger partial charge in [0.25, 0.3) is 0 Å². The molecule has 2 nitrogen and oxygen atoms in total. The van der Waals surface area contributed by atoms with Crippen LogP contribution < -0.4 is 4.90 Å². The van der Waals surface area contributed by atoms with Crippen molar-refractivity contribution >= 4 is 39.0 Å². The summed E-state index contributed by atoms with van der Waals surface area (Å²) in [5, 5.41) is 2.26. The zero-order valence-electron chi connectivity index (χ0n) is 38.1. The number of benzene rings is 9. The summed E-state index contributed by atoms with van der Waals surface area (Å²) >= 11 is 0. The third-order valence-electron chi connectivity index (χ3n) is 13.7. The average Bonchev–Trinajstić information content (AvgIpc) is 3.86. The Morgan fingerprint density at radius 1 is 0.385 bits per heavy atom. The van der Waals surface area contributed by atoms with Gasteiger partial charge in [-0.2, -0.15) is 0 Å². The standard InChI is InChI=1S/C63H53NO/c1-61(2,3)44-29-33-46(34-30-44)63(47-35-31-45(32-36-47)62(4,5)6)56-24-13-10-20-52(56)53-40-39-49(41-57(53)63)64(58-25-14-11-19-50(58)42-17-8-7-9-18-42)48-37-27-43(28-38-48)51-22-16-23-55-54-21-12-15-26-59(54)65-60(51)55/h7-41H,1-6H3. The molecular weight excluding hydrogens is 787 g/mol. The van der Waals surface area contributed by atoms with E-state index in [-0.39, 0.29) is 10.8 Å². The van der Waals surface area contributed by atoms with Crippen molar-refractivity contribution in [2.75, 3.05) is 4.90 Å². The highest BCUT2D eigenvalue weighted by molar-refractivity contribution is 6.09. The molecule has 0 spiro atoms. The lowest BCUT2D eigenvalue weighted by Gasteiger charge is -2.36. The lowest BCUT2D eigenvalue weighted by Crippen LogP contribution is -2.29. The number of furan rings is 1. The molecule has 0 radical (unpaired) electrons. The molecule has 1 aliphatic carbocycles. The van der Waals surface area contributed by atoms with Gasteiger partial charge in [0.1, 0.15) is 11.2 Å². The first-order chi connectivity index (χ1) is 31.5. The molecule has 0 fully saturated rings. The SMILES string of the molecule is CC(C)(C)c1ccc(C2(c3ccc(C(C)(C)C)cc3)c3ccccc3-c3ccc(N(c4ccc(-c5cccc6c5oc5ccccc56)cc4)c4ccccc4-c4ccccc4)cc32)cc1. The molecule has 1 aliphatic rings. The van der Waals surface area contributed by atoms with Gasteiger partial charge in [-0.15, -0.1) is 0 Å². The van der Waals surface area contributed by atoms with Crippen molar-refractivity contribution in [1.29, 1.82) is 0 Å². The number of anilines is 3. The van der Waals surface area contributed by atoms with E-state index in [0.717, 1.165) is 55.7 Å². The average molecular weight is 840 g/mol. The van der Waals surface area contributed by atoms with Crippen molar-refractivity contribution in [3.63, 3.8) is 0 Å². The van der Waals surface area contributed by atoms with Crippen LogP contribution >= 0.6 is 0 Å². The second kappa shape index (κ2) is 15.4. The van der Waals surface area contributed by atoms with E-state index in [9.17, 15) is 0 Å². The van der Waals surface area contributed by atoms with Gasteiger partial charge < -0.3 is 9.32 Å². The lowest BCUT2D eigenvalue weighted by molar-refractivity contribution is 0.588. The van der Waals surface area contributed by atoms with E-state index in [0.29, 0.717) is 0 Å². The van der Waals surface area contributed by atoms with Crippen molar-refractivity contribution in [3.05, 3.63) is 246 Å². The molecule has 11 rings (SSSR count). The third-order valence-corrected chi connectivity index (χ3v) is 13.7. The maximum Gasteiger partial charge on any atom is 0.143 e. The molecule has 0 amide bonds. The molecule has 1 heterocycles. The normalized spacial score (nSPS) is 13.2. The van der Waals surface area contributed by atoms with E-state index in [1.54, 1.807) is 0 Å². The minimum Gasteiger partial charge on any atom is -0.455 e. The van der Waals surface area contributed by atoms with Gasteiger partial charge in [0.15, 0.2) is 0 Å². The van der Waals surface area contributed by atoms with Gasteiger partial charge in [-0.05, 0) is 103 Å². The Balaban J connectivity index is 1.14. The summed E-state index contributed by atoms with van der Waals surface area (Å²) in [6, 6.07) is 78.6. The monoisotopic (exact) mass is 839 g/mol. The fourth-order valence-corrected chi connectivity index (χ4v) is 10.4. The summed E-state index contributed by atoms with van der Waals surface area (Å²) in [5.41, 5.74) is 19.4. The maximum atomic E-state index is 6.52. The van der Waals surface area contributed by atoms with Crippen LogP contribution in [-0.2, 0) is 16.2 Å². The van der Waals surface area contributed by atoms with Crippen LogP contribution in [0.1, 0.15) is 74.9 Å². The number of nitrogens with zero attached hydrogens (tertiary/aromatic N) is 1. The molecule has 10 aromatic rings. The van der Waals surface area contributed by atoms with E-state index >= 15 is 0 Å². The van der Waals surface area contributed by atoms with Crippen LogP contribution in [0.4, 0.5) is 17.1 Å². The van der Waals surface area contributed by atoms with Gasteiger partial charge in [0.2, 0.25) is 0 Å². The Hall–Kier alpha value is -7.42. The van der Waals surface area contributed by atoms with Crippen LogP contribution in [0.2, 0.25) is 0 Å². The van der Waals surface area contributed by atoms with Gasteiger partial charge in [-0.1, -0.05) is 217 Å². The Bertz CT molecular complexity index is 3300. The van der Waals surface area contributed by atoms with Crippen molar-refractivity contribution < 1.29 is 4.42 Å². The Morgan fingerprint density at radius 3 is 1.58 bits per heavy atom. The summed E-state index contributed by atoms with van der Waals surface area (Å²) in [7, 11) is 0. The molecule has 0 saturated heterocycles. The van der Waals surface area contributed by atoms with E-state index in [1.165, 1.54) is 50.1 Å². The minimum atomic E-state index is -0.575. The van der Waals surface area contributed by atoms with Crippen LogP contribution in [0.5, 0.6) is 0 Å². The highest BCUT2D eigenvalue weighted by Crippen LogP contribution is 2.58. The molecule has 2 heteroatoms. The summed E-state index contributed by atoms with van der Waals surface area (Å²) in [5.74, 6) is 0. The van der Waals surface area contributed by atoms with Crippen LogP contribution in [-0.4, -0.2) is 0 Å². The van der Waals surface area contributed by atoms with Gasteiger partial charge >= 0.3 is 0 Å². The van der Waals surface area contributed by atoms with Crippen LogP contribution in [0.15, 0.2) is 217 Å². The molecule has 1 aromatic heterocycles. The number of rotatable bonds is 7. The molecule has 9 aromatic carbocycles. The first-order valence-electron chi connectivity index (χ1n) is 22.9. The smallest absolute Gasteiger partial charge is 0.143 e. The number of para-hydroxylation sites is 3. The second-order valence-corrected chi connectivity index (χ2v) is 19.7. The first-order valence-corrected chi connectivity index (χ1v) is 22.9. The summed E-state index contributed by atoms with van der Waals surface area (Å²) in [6.45, 7) is 13.8. The van der Waals surface area contributed by atoms with Gasteiger partial charge in [0.05, 0.1) is 11.1 Å². The number of fused-ring (bicyclic) bond motifs is 6. The topological polar surface area (TPSA) is 16.4 Å². The van der Waals surface area contributed by atoms with Crippen molar-refractivity contribution in [2.45, 2.75) is 57.8 Å². The molecule has 65 heavy (non-hydrogen) atoms. The summed E-state index contributed by atoms with van der Waals surface area (Å²) in [4.78, 5) is 2.45. The maximum absolute atomic E-state index is 6.52. The molecule has 0 N–H and O–H groups in total. The van der Waals surface area contributed by atoms with Crippen LogP contribution in [0.3, 0.4) is 0 Å². The fraction of sp³-hybridized carbons (Fsp3) is 0.143. The largest absolute Gasteiger partial charge is 0.455 e. The molecule has 0 atom stereocenters. The van der Waals surface area contributed by atoms with Gasteiger partial charge in [-0.25, -0.2) is 0 Å². The molecule has 0 bridgehead atoms. The van der Waals surface area contributed by atoms with Gasteiger partial charge in [-0.3, -0.25) is 0 Å². The highest BCUT2D eigenvalue weighted by Gasteiger charge is 2.46. The van der Waals surface area contributed by atoms with Crippen LogP contribution in [0.25, 0.3) is 55.3 Å². The molecule has 0 unspecified atom stereocenters. The van der Waals surface area contributed by atoms with Crippen molar-refractivity contribution in [2.24, 2.45) is 0 Å². The number of hydrogen-bond acceptors (Lipinski definition) is 2. The summed E-state index contributed by atoms with van der Waals surface area (Å²) in [6.07, 6.45) is 0. The molecule has 316 valence electrons. The summed E-state index contributed by atoms with van der Waals surface area (Å²) < 4.78 is 6.52. The lowest BCUT2D eigenvalue weighted by atomic mass is 9.67.